The molecule has 0 amide bonds. The summed E-state index contributed by atoms with van der Waals surface area (Å²) in [6.45, 7) is 8.20. The highest BCUT2D eigenvalue weighted by Gasteiger charge is 2.15. The predicted octanol–water partition coefficient (Wildman–Crippen LogP) is 4.04. The Labute approximate surface area is 136 Å². The molecule has 0 spiro atoms. The minimum Gasteiger partial charge on any atom is -0.298 e. The van der Waals surface area contributed by atoms with Crippen LogP contribution >= 0.6 is 0 Å². The molecule has 4 heteroatoms. The fraction of sp³-hybridized carbons (Fsp3) is 0.211. The van der Waals surface area contributed by atoms with Crippen molar-refractivity contribution in [3.8, 4) is 23.1 Å². The smallest absolute Gasteiger partial charge is 0.159 e. The van der Waals surface area contributed by atoms with E-state index in [0.717, 1.165) is 33.9 Å². The highest BCUT2D eigenvalue weighted by Crippen LogP contribution is 2.27. The lowest BCUT2D eigenvalue weighted by molar-refractivity contribution is 1.02. The quantitative estimate of drug-likeness (QED) is 0.718. The minimum absolute atomic E-state index is 0.403. The van der Waals surface area contributed by atoms with Crippen LogP contribution in [0.1, 0.15) is 28.1 Å². The number of benzene rings is 1. The lowest BCUT2D eigenvalue weighted by Crippen LogP contribution is -2.02. The van der Waals surface area contributed by atoms with E-state index in [1.807, 2.05) is 23.6 Å². The first-order valence-corrected chi connectivity index (χ1v) is 7.50. The van der Waals surface area contributed by atoms with Gasteiger partial charge in [0.25, 0.3) is 0 Å². The van der Waals surface area contributed by atoms with Crippen LogP contribution < -0.4 is 0 Å². The first kappa shape index (κ1) is 15.0. The lowest BCUT2D eigenvalue weighted by atomic mass is 10.0. The normalized spacial score (nSPS) is 10.6. The minimum atomic E-state index is 0.403. The van der Waals surface area contributed by atoms with Crippen LogP contribution in [-0.4, -0.2) is 14.5 Å². The van der Waals surface area contributed by atoms with Gasteiger partial charge < -0.3 is 0 Å². The molecule has 0 unspecified atom stereocenters. The summed E-state index contributed by atoms with van der Waals surface area (Å²) >= 11 is 0. The summed E-state index contributed by atoms with van der Waals surface area (Å²) in [5, 5.41) is 9.25. The number of hydrogen-bond acceptors (Lipinski definition) is 3. The van der Waals surface area contributed by atoms with Crippen LogP contribution in [0.25, 0.3) is 17.1 Å². The van der Waals surface area contributed by atoms with Gasteiger partial charge in [0.05, 0.1) is 5.69 Å². The number of aromatic nitrogens is 3. The van der Waals surface area contributed by atoms with Gasteiger partial charge in [-0.25, -0.2) is 4.98 Å². The molecule has 0 aliphatic carbocycles. The molecule has 0 fully saturated rings. The molecule has 0 aliphatic heterocycles. The van der Waals surface area contributed by atoms with Gasteiger partial charge in [-0.2, -0.15) is 5.26 Å². The summed E-state index contributed by atoms with van der Waals surface area (Å²) in [5.41, 5.74) is 6.87. The van der Waals surface area contributed by atoms with E-state index in [9.17, 15) is 5.26 Å². The van der Waals surface area contributed by atoms with Gasteiger partial charge in [0.2, 0.25) is 0 Å². The molecule has 114 valence electrons. The Morgan fingerprint density at radius 2 is 1.74 bits per heavy atom. The van der Waals surface area contributed by atoms with Crippen molar-refractivity contribution in [2.24, 2.45) is 0 Å². The average molecular weight is 302 g/mol. The summed E-state index contributed by atoms with van der Waals surface area (Å²) in [6, 6.07) is 10.4. The summed E-state index contributed by atoms with van der Waals surface area (Å²) in [4.78, 5) is 8.82. The molecule has 0 radical (unpaired) electrons. The zero-order valence-corrected chi connectivity index (χ0v) is 13.8. The molecule has 0 atom stereocenters. The van der Waals surface area contributed by atoms with Crippen molar-refractivity contribution < 1.29 is 0 Å². The Morgan fingerprint density at radius 3 is 2.30 bits per heavy atom. The van der Waals surface area contributed by atoms with Crippen LogP contribution in [0.4, 0.5) is 0 Å². The van der Waals surface area contributed by atoms with Crippen molar-refractivity contribution in [3.05, 3.63) is 64.7 Å². The third kappa shape index (κ3) is 2.74. The van der Waals surface area contributed by atoms with E-state index >= 15 is 0 Å². The summed E-state index contributed by atoms with van der Waals surface area (Å²) in [7, 11) is 0. The third-order valence-corrected chi connectivity index (χ3v) is 3.87. The van der Waals surface area contributed by atoms with E-state index in [1.54, 1.807) is 12.4 Å². The monoisotopic (exact) mass is 302 g/mol. The Kier molecular flexibility index (Phi) is 3.71. The van der Waals surface area contributed by atoms with Crippen LogP contribution in [0.2, 0.25) is 0 Å². The molecule has 3 aromatic rings. The zero-order valence-electron chi connectivity index (χ0n) is 13.8. The molecule has 4 nitrogen and oxygen atoms in total. The van der Waals surface area contributed by atoms with Crippen LogP contribution in [0.15, 0.2) is 36.7 Å². The Bertz CT molecular complexity index is 889. The van der Waals surface area contributed by atoms with Gasteiger partial charge in [-0.1, -0.05) is 17.7 Å². The Morgan fingerprint density at radius 1 is 1.04 bits per heavy atom. The van der Waals surface area contributed by atoms with Gasteiger partial charge in [-0.3, -0.25) is 9.55 Å². The van der Waals surface area contributed by atoms with Gasteiger partial charge in [0.15, 0.2) is 5.69 Å². The van der Waals surface area contributed by atoms with Crippen molar-refractivity contribution in [2.75, 3.05) is 0 Å². The Hall–Kier alpha value is -2.93. The fourth-order valence-corrected chi connectivity index (χ4v) is 2.96. The second-order valence-corrected chi connectivity index (χ2v) is 5.87. The molecular formula is C19H18N4. The van der Waals surface area contributed by atoms with Crippen molar-refractivity contribution in [2.45, 2.75) is 27.7 Å². The van der Waals surface area contributed by atoms with E-state index in [4.69, 9.17) is 0 Å². The van der Waals surface area contributed by atoms with Crippen LogP contribution in [-0.2, 0) is 0 Å². The van der Waals surface area contributed by atoms with Crippen molar-refractivity contribution in [1.29, 1.82) is 5.26 Å². The molecule has 2 heterocycles. The third-order valence-electron chi connectivity index (χ3n) is 3.87. The van der Waals surface area contributed by atoms with Crippen LogP contribution in [0, 0.1) is 39.0 Å². The second kappa shape index (κ2) is 5.69. The number of nitriles is 1. The molecule has 1 aromatic carbocycles. The molecule has 0 saturated carbocycles. The Balaban J connectivity index is 2.27. The van der Waals surface area contributed by atoms with E-state index < -0.39 is 0 Å². The zero-order chi connectivity index (χ0) is 16.6. The van der Waals surface area contributed by atoms with E-state index in [-0.39, 0.29) is 0 Å². The number of pyridine rings is 1. The van der Waals surface area contributed by atoms with Gasteiger partial charge in [0, 0.05) is 23.7 Å². The van der Waals surface area contributed by atoms with Crippen LogP contribution in [0.5, 0.6) is 0 Å². The number of rotatable bonds is 2. The van der Waals surface area contributed by atoms with Crippen molar-refractivity contribution in [3.63, 3.8) is 0 Å². The largest absolute Gasteiger partial charge is 0.298 e. The van der Waals surface area contributed by atoms with Gasteiger partial charge in [0.1, 0.15) is 11.9 Å². The van der Waals surface area contributed by atoms with Crippen molar-refractivity contribution in [1.82, 2.24) is 14.5 Å². The highest BCUT2D eigenvalue weighted by molar-refractivity contribution is 5.62. The second-order valence-electron chi connectivity index (χ2n) is 5.87. The van der Waals surface area contributed by atoms with E-state index in [1.165, 1.54) is 5.56 Å². The maximum atomic E-state index is 9.25. The topological polar surface area (TPSA) is 54.5 Å². The molecular weight excluding hydrogens is 284 g/mol. The molecule has 0 bridgehead atoms. The van der Waals surface area contributed by atoms with Gasteiger partial charge in [-0.15, -0.1) is 0 Å². The summed E-state index contributed by atoms with van der Waals surface area (Å²) in [5.74, 6) is 0.740. The summed E-state index contributed by atoms with van der Waals surface area (Å²) in [6.07, 6.45) is 3.59. The number of imidazole rings is 1. The fourth-order valence-electron chi connectivity index (χ4n) is 2.96. The van der Waals surface area contributed by atoms with Crippen LogP contribution in [0.3, 0.4) is 0 Å². The van der Waals surface area contributed by atoms with E-state index in [2.05, 4.69) is 48.9 Å². The number of aryl methyl sites for hydroxylation is 4. The molecule has 2 aromatic heterocycles. The standard InChI is InChI=1S/C19H18N4/c1-12-7-13(2)18(14(3)8-12)23-11-17(9-20)22-19(23)16-6-5-15(4)21-10-16/h5-8,10-11H,1-4H3. The maximum absolute atomic E-state index is 9.25. The van der Waals surface area contributed by atoms with Gasteiger partial charge in [-0.05, 0) is 51.0 Å². The first-order chi connectivity index (χ1) is 11.0. The highest BCUT2D eigenvalue weighted by atomic mass is 15.1. The lowest BCUT2D eigenvalue weighted by Gasteiger charge is -2.15. The maximum Gasteiger partial charge on any atom is 0.159 e. The number of nitrogens with zero attached hydrogens (tertiary/aromatic N) is 4. The number of hydrogen-bond donors (Lipinski definition) is 0. The average Bonchev–Trinajstić information content (AvgIpc) is 2.91. The first-order valence-electron chi connectivity index (χ1n) is 7.50. The molecule has 0 aliphatic rings. The van der Waals surface area contributed by atoms with E-state index in [0.29, 0.717) is 5.69 Å². The predicted molar refractivity (Wildman–Crippen MR) is 90.5 cm³/mol. The van der Waals surface area contributed by atoms with Gasteiger partial charge >= 0.3 is 0 Å². The molecule has 3 rings (SSSR count). The van der Waals surface area contributed by atoms with Crippen molar-refractivity contribution >= 4 is 0 Å². The summed E-state index contributed by atoms with van der Waals surface area (Å²) < 4.78 is 2.00. The molecule has 0 N–H and O–H groups in total. The SMILES string of the molecule is Cc1cc(C)c(-n2cc(C#N)nc2-c2ccc(C)nc2)c(C)c1. The molecule has 0 saturated heterocycles. The molecule has 23 heavy (non-hydrogen) atoms.